The number of hydrogen-bond acceptors (Lipinski definition) is 9. The van der Waals surface area contributed by atoms with Gasteiger partial charge in [0.25, 0.3) is 5.56 Å². The summed E-state index contributed by atoms with van der Waals surface area (Å²) in [5.41, 5.74) is -2.11. The first kappa shape index (κ1) is 20.1. The number of nitrogens with zero attached hydrogens (tertiary/aromatic N) is 2. The van der Waals surface area contributed by atoms with Crippen LogP contribution in [0.5, 0.6) is 0 Å². The molecule has 0 unspecified atom stereocenters. The maximum Gasteiger partial charge on any atom is 0.374 e. The van der Waals surface area contributed by atoms with Crippen molar-refractivity contribution >= 4 is 19.0 Å². The fraction of sp³-hybridized carbons (Fsp3) is 0.385. The first-order chi connectivity index (χ1) is 13.1. The van der Waals surface area contributed by atoms with Crippen molar-refractivity contribution in [1.29, 1.82) is 0 Å². The highest BCUT2D eigenvalue weighted by atomic mass is 31.2. The number of carbonyl (C=O) groups is 1. The van der Waals surface area contributed by atoms with E-state index < -0.39 is 67.2 Å². The minimum atomic E-state index is -4.63. The summed E-state index contributed by atoms with van der Waals surface area (Å²) in [5, 5.41) is 20.1. The molecule has 1 aliphatic rings. The van der Waals surface area contributed by atoms with E-state index in [4.69, 9.17) is 19.3 Å². The van der Waals surface area contributed by atoms with Crippen LogP contribution in [0, 0.1) is 0 Å². The van der Waals surface area contributed by atoms with Gasteiger partial charge in [-0.15, -0.1) is 0 Å². The van der Waals surface area contributed by atoms with Crippen LogP contribution in [0.2, 0.25) is 0 Å². The zero-order valence-electron chi connectivity index (χ0n) is 13.8. The lowest BCUT2D eigenvalue weighted by Gasteiger charge is -2.16. The van der Waals surface area contributed by atoms with Crippen LogP contribution < -0.4 is 16.7 Å². The topological polar surface area (TPSA) is 217 Å². The third kappa shape index (κ3) is 3.96. The monoisotopic (exact) mass is 418 g/mol. The second-order valence-corrected chi connectivity index (χ2v) is 7.39. The van der Waals surface area contributed by atoms with E-state index in [1.165, 1.54) is 0 Å². The molecule has 1 saturated heterocycles. The number of aromatic nitrogens is 4. The molecule has 3 rings (SSSR count). The van der Waals surface area contributed by atoms with Gasteiger partial charge in [0, 0.05) is 12.3 Å². The van der Waals surface area contributed by atoms with Gasteiger partial charge in [0.15, 0.2) is 6.23 Å². The number of carbonyl (C=O) groups excluding carboxylic acids is 1. The van der Waals surface area contributed by atoms with Crippen molar-refractivity contribution < 1.29 is 38.8 Å². The summed E-state index contributed by atoms with van der Waals surface area (Å²) in [6, 6.07) is 1.02. The van der Waals surface area contributed by atoms with Crippen LogP contribution in [0.15, 0.2) is 28.0 Å². The maximum atomic E-state index is 11.9. The SMILES string of the molecule is O=C(OC[C@H]1O[C@@H](n2ccc(=O)[nH]c2=O)[C@H](O)[C@@H]1O)c1ncc(P(=O)(O)O)[nH]1. The maximum absolute atomic E-state index is 11.9. The van der Waals surface area contributed by atoms with Crippen LogP contribution in [0.3, 0.4) is 0 Å². The molecule has 0 aromatic carbocycles. The normalized spacial score (nSPS) is 25.0. The molecule has 28 heavy (non-hydrogen) atoms. The number of aliphatic hydroxyl groups is 2. The van der Waals surface area contributed by atoms with Crippen molar-refractivity contribution in [1.82, 2.24) is 19.5 Å². The number of esters is 1. The summed E-state index contributed by atoms with van der Waals surface area (Å²) in [6.07, 6.45) is -3.80. The summed E-state index contributed by atoms with van der Waals surface area (Å²) in [6.45, 7) is -0.558. The third-order valence-corrected chi connectivity index (χ3v) is 4.77. The second-order valence-electron chi connectivity index (χ2n) is 5.82. The molecule has 3 heterocycles. The number of hydrogen-bond donors (Lipinski definition) is 6. The summed E-state index contributed by atoms with van der Waals surface area (Å²) in [5.74, 6) is -1.57. The zero-order valence-corrected chi connectivity index (χ0v) is 14.7. The van der Waals surface area contributed by atoms with Gasteiger partial charge in [-0.3, -0.25) is 18.9 Å². The molecule has 152 valence electrons. The molecular weight excluding hydrogens is 403 g/mol. The average molecular weight is 418 g/mol. The summed E-state index contributed by atoms with van der Waals surface area (Å²) in [4.78, 5) is 60.4. The molecule has 4 atom stereocenters. The number of H-pyrrole nitrogens is 2. The minimum Gasteiger partial charge on any atom is -0.457 e. The second kappa shape index (κ2) is 7.43. The number of nitrogens with one attached hydrogen (secondary N) is 2. The number of rotatable bonds is 5. The molecule has 14 nitrogen and oxygen atoms in total. The van der Waals surface area contributed by atoms with E-state index in [2.05, 4.69) is 9.97 Å². The summed E-state index contributed by atoms with van der Waals surface area (Å²) in [7, 11) is -4.63. The lowest BCUT2D eigenvalue weighted by molar-refractivity contribution is -0.0600. The molecule has 2 aromatic heterocycles. The number of aromatic amines is 2. The van der Waals surface area contributed by atoms with Gasteiger partial charge in [-0.2, -0.15) is 0 Å². The summed E-state index contributed by atoms with van der Waals surface area (Å²) >= 11 is 0. The lowest BCUT2D eigenvalue weighted by Crippen LogP contribution is -2.37. The fourth-order valence-electron chi connectivity index (χ4n) is 2.51. The van der Waals surface area contributed by atoms with Crippen LogP contribution in [-0.2, 0) is 14.0 Å². The van der Waals surface area contributed by atoms with Crippen LogP contribution in [0.4, 0.5) is 0 Å². The van der Waals surface area contributed by atoms with Gasteiger partial charge in [-0.1, -0.05) is 0 Å². The van der Waals surface area contributed by atoms with Gasteiger partial charge in [-0.05, 0) is 0 Å². The Hall–Kier alpha value is -2.61. The zero-order chi connectivity index (χ0) is 20.6. The van der Waals surface area contributed by atoms with Gasteiger partial charge in [-0.25, -0.2) is 14.6 Å². The van der Waals surface area contributed by atoms with E-state index in [1.807, 2.05) is 4.98 Å². The van der Waals surface area contributed by atoms with Crippen LogP contribution in [0.25, 0.3) is 0 Å². The van der Waals surface area contributed by atoms with E-state index >= 15 is 0 Å². The highest BCUT2D eigenvalue weighted by molar-refractivity contribution is 7.60. The molecule has 0 spiro atoms. The van der Waals surface area contributed by atoms with Gasteiger partial charge in [0.1, 0.15) is 30.4 Å². The lowest BCUT2D eigenvalue weighted by atomic mass is 10.1. The Labute approximate surface area is 154 Å². The molecule has 15 heteroatoms. The molecule has 0 bridgehead atoms. The number of ether oxygens (including phenoxy) is 2. The highest BCUT2D eigenvalue weighted by Gasteiger charge is 2.44. The van der Waals surface area contributed by atoms with E-state index in [0.717, 1.165) is 23.0 Å². The predicted octanol–water partition coefficient (Wildman–Crippen LogP) is -3.46. The predicted molar refractivity (Wildman–Crippen MR) is 87.8 cm³/mol. The van der Waals surface area contributed by atoms with Crippen molar-refractivity contribution in [3.05, 3.63) is 45.1 Å². The standard InChI is InChI=1S/C13H15N4O10P/c18-6-1-2-17(13(22)15-6)11-9(20)8(19)5(27-11)4-26-12(21)10-14-3-7(16-10)28(23,24)25/h1-3,5,8-9,11,19-20H,4H2,(H,14,16)(H,15,18,22)(H2,23,24,25)/t5-,8-,9-,11-/m1/s1. The Bertz CT molecular complexity index is 1040. The van der Waals surface area contributed by atoms with Crippen LogP contribution in [0.1, 0.15) is 16.8 Å². The third-order valence-electron chi connectivity index (χ3n) is 3.91. The number of imidazole rings is 1. The first-order valence-corrected chi connectivity index (χ1v) is 9.30. The molecule has 0 radical (unpaired) electrons. The Morgan fingerprint density at radius 3 is 2.61 bits per heavy atom. The van der Waals surface area contributed by atoms with E-state index in [9.17, 15) is 29.2 Å². The fourth-order valence-corrected chi connectivity index (χ4v) is 2.97. The van der Waals surface area contributed by atoms with E-state index in [0.29, 0.717) is 0 Å². The average Bonchev–Trinajstić information content (AvgIpc) is 3.21. The van der Waals surface area contributed by atoms with Crippen molar-refractivity contribution in [3.63, 3.8) is 0 Å². The van der Waals surface area contributed by atoms with Crippen molar-refractivity contribution in [2.75, 3.05) is 6.61 Å². The summed E-state index contributed by atoms with van der Waals surface area (Å²) < 4.78 is 22.1. The Kier molecular flexibility index (Phi) is 5.34. The van der Waals surface area contributed by atoms with Crippen molar-refractivity contribution in [2.45, 2.75) is 24.5 Å². The highest BCUT2D eigenvalue weighted by Crippen LogP contribution is 2.32. The first-order valence-electron chi connectivity index (χ1n) is 7.69. The van der Waals surface area contributed by atoms with Gasteiger partial charge in [0.05, 0.1) is 6.20 Å². The molecule has 0 aliphatic carbocycles. The molecular formula is C13H15N4O10P. The molecule has 1 aliphatic heterocycles. The molecule has 0 amide bonds. The smallest absolute Gasteiger partial charge is 0.374 e. The largest absolute Gasteiger partial charge is 0.457 e. The van der Waals surface area contributed by atoms with E-state index in [1.54, 1.807) is 0 Å². The quantitative estimate of drug-likeness (QED) is 0.207. The Morgan fingerprint density at radius 1 is 1.29 bits per heavy atom. The van der Waals surface area contributed by atoms with Crippen LogP contribution in [-0.4, -0.2) is 70.4 Å². The number of aliphatic hydroxyl groups excluding tert-OH is 2. The Balaban J connectivity index is 1.67. The van der Waals surface area contributed by atoms with Gasteiger partial charge in [0.2, 0.25) is 5.82 Å². The van der Waals surface area contributed by atoms with E-state index in [-0.39, 0.29) is 0 Å². The van der Waals surface area contributed by atoms with Gasteiger partial charge >= 0.3 is 19.3 Å². The minimum absolute atomic E-state index is 0.486. The molecule has 6 N–H and O–H groups in total. The van der Waals surface area contributed by atoms with Crippen molar-refractivity contribution in [2.24, 2.45) is 0 Å². The Morgan fingerprint density at radius 2 is 2.00 bits per heavy atom. The molecule has 2 aromatic rings. The van der Waals surface area contributed by atoms with Gasteiger partial charge < -0.3 is 34.5 Å². The molecule has 1 fully saturated rings. The van der Waals surface area contributed by atoms with Crippen molar-refractivity contribution in [3.8, 4) is 0 Å². The molecule has 0 saturated carbocycles. The van der Waals surface area contributed by atoms with Crippen LogP contribution >= 0.6 is 7.60 Å².